The Labute approximate surface area is 186 Å². The van der Waals surface area contributed by atoms with Gasteiger partial charge in [-0.25, -0.2) is 4.98 Å². The van der Waals surface area contributed by atoms with Gasteiger partial charge in [0.1, 0.15) is 6.33 Å². The molecule has 0 aliphatic carbocycles. The minimum atomic E-state index is -0.489. The molecule has 0 bridgehead atoms. The molecule has 1 aliphatic heterocycles. The predicted octanol–water partition coefficient (Wildman–Crippen LogP) is 4.13. The first-order valence-corrected chi connectivity index (χ1v) is 10.4. The molecular weight excluding hydrogens is 410 g/mol. The summed E-state index contributed by atoms with van der Waals surface area (Å²) in [4.78, 5) is 24.0. The van der Waals surface area contributed by atoms with Gasteiger partial charge in [-0.15, -0.1) is 0 Å². The fourth-order valence-electron chi connectivity index (χ4n) is 3.86. The highest BCUT2D eigenvalue weighted by atomic mass is 16.6. The summed E-state index contributed by atoms with van der Waals surface area (Å²) in [5.74, 6) is 0.962. The highest BCUT2D eigenvalue weighted by Gasteiger charge is 2.31. The van der Waals surface area contributed by atoms with Gasteiger partial charge in [0.15, 0.2) is 11.5 Å². The van der Waals surface area contributed by atoms with Crippen molar-refractivity contribution >= 4 is 17.2 Å². The van der Waals surface area contributed by atoms with Gasteiger partial charge in [-0.2, -0.15) is 4.98 Å². The first-order chi connectivity index (χ1) is 15.5. The molecule has 0 saturated carbocycles. The van der Waals surface area contributed by atoms with Crippen LogP contribution in [-0.2, 0) is 0 Å². The van der Waals surface area contributed by atoms with Crippen molar-refractivity contribution in [2.45, 2.75) is 13.8 Å². The maximum atomic E-state index is 12.0. The van der Waals surface area contributed by atoms with Crippen molar-refractivity contribution in [2.24, 2.45) is 0 Å². The molecule has 4 rings (SSSR count). The number of methoxy groups -OCH3 is 1. The van der Waals surface area contributed by atoms with Crippen LogP contribution in [0.3, 0.4) is 0 Å². The summed E-state index contributed by atoms with van der Waals surface area (Å²) in [5, 5.41) is 12.0. The molecule has 9 nitrogen and oxygen atoms in total. The van der Waals surface area contributed by atoms with E-state index in [1.807, 2.05) is 4.90 Å². The monoisotopic (exact) mass is 435 g/mol. The van der Waals surface area contributed by atoms with E-state index >= 15 is 0 Å². The normalized spacial score (nSPS) is 13.7. The minimum absolute atomic E-state index is 0.110. The van der Waals surface area contributed by atoms with Gasteiger partial charge >= 0.3 is 11.6 Å². The van der Waals surface area contributed by atoms with Crippen LogP contribution in [0, 0.1) is 24.0 Å². The lowest BCUT2D eigenvalue weighted by atomic mass is 10.1. The summed E-state index contributed by atoms with van der Waals surface area (Å²) in [6.45, 7) is 6.87. The number of aryl methyl sites for hydroxylation is 1. The van der Waals surface area contributed by atoms with Gasteiger partial charge in [0.25, 0.3) is 0 Å². The van der Waals surface area contributed by atoms with Crippen LogP contribution < -0.4 is 19.3 Å². The summed E-state index contributed by atoms with van der Waals surface area (Å²) in [7, 11) is 1.51. The Balaban J connectivity index is 1.59. The third-order valence-electron chi connectivity index (χ3n) is 5.72. The van der Waals surface area contributed by atoms with Crippen molar-refractivity contribution in [3.05, 3.63) is 70.0 Å². The fourth-order valence-corrected chi connectivity index (χ4v) is 3.86. The Morgan fingerprint density at radius 2 is 1.62 bits per heavy atom. The topological polar surface area (TPSA) is 93.9 Å². The molecule has 1 aromatic heterocycles. The third-order valence-corrected chi connectivity index (χ3v) is 5.72. The number of benzene rings is 2. The van der Waals surface area contributed by atoms with Gasteiger partial charge in [0.05, 0.1) is 12.0 Å². The first kappa shape index (κ1) is 21.4. The molecule has 166 valence electrons. The summed E-state index contributed by atoms with van der Waals surface area (Å²) < 4.78 is 11.1. The van der Waals surface area contributed by atoms with Gasteiger partial charge in [-0.3, -0.25) is 10.1 Å². The molecule has 1 fully saturated rings. The van der Waals surface area contributed by atoms with Crippen molar-refractivity contribution in [2.75, 3.05) is 43.1 Å². The Bertz CT molecular complexity index is 1130. The minimum Gasteiger partial charge on any atom is -0.493 e. The van der Waals surface area contributed by atoms with E-state index in [4.69, 9.17) is 9.47 Å². The van der Waals surface area contributed by atoms with Gasteiger partial charge < -0.3 is 19.3 Å². The summed E-state index contributed by atoms with van der Waals surface area (Å²) in [6.07, 6.45) is 1.30. The number of ether oxygens (including phenoxy) is 2. The van der Waals surface area contributed by atoms with Gasteiger partial charge in [0, 0.05) is 31.9 Å². The lowest BCUT2D eigenvalue weighted by Gasteiger charge is -2.37. The van der Waals surface area contributed by atoms with E-state index in [1.165, 1.54) is 30.3 Å². The summed E-state index contributed by atoms with van der Waals surface area (Å²) in [5.41, 5.74) is 3.44. The highest BCUT2D eigenvalue weighted by Crippen LogP contribution is 2.39. The van der Waals surface area contributed by atoms with Crippen LogP contribution in [0.2, 0.25) is 0 Å². The Hall–Kier alpha value is -3.88. The maximum Gasteiger partial charge on any atom is 0.373 e. The maximum absolute atomic E-state index is 12.0. The number of nitrogens with zero attached hydrogens (tertiary/aromatic N) is 5. The number of nitro groups is 1. The fraction of sp³-hybridized carbons (Fsp3) is 0.304. The first-order valence-electron chi connectivity index (χ1n) is 10.4. The Kier molecular flexibility index (Phi) is 6.07. The van der Waals surface area contributed by atoms with E-state index in [1.54, 1.807) is 24.3 Å². The quantitative estimate of drug-likeness (QED) is 0.421. The molecular formula is C23H25N5O4. The van der Waals surface area contributed by atoms with Crippen molar-refractivity contribution in [1.82, 2.24) is 9.97 Å². The largest absolute Gasteiger partial charge is 0.493 e. The SMILES string of the molecule is COc1ccccc1Oc1ncnc(N2CCN(c3cccc(C)c3C)CC2)c1[N+](=O)[O-]. The third kappa shape index (κ3) is 4.14. The van der Waals surface area contributed by atoms with Crippen LogP contribution >= 0.6 is 0 Å². The number of rotatable bonds is 6. The van der Waals surface area contributed by atoms with Crippen LogP contribution in [0.5, 0.6) is 17.4 Å². The molecule has 1 aliphatic rings. The molecule has 2 heterocycles. The van der Waals surface area contributed by atoms with Gasteiger partial charge in [0.2, 0.25) is 5.82 Å². The Morgan fingerprint density at radius 1 is 0.938 bits per heavy atom. The zero-order valence-electron chi connectivity index (χ0n) is 18.3. The van der Waals surface area contributed by atoms with Crippen LogP contribution in [0.1, 0.15) is 11.1 Å². The van der Waals surface area contributed by atoms with E-state index in [9.17, 15) is 10.1 Å². The van der Waals surface area contributed by atoms with Crippen molar-refractivity contribution < 1.29 is 14.4 Å². The Morgan fingerprint density at radius 3 is 2.31 bits per heavy atom. The predicted molar refractivity (Wildman–Crippen MR) is 122 cm³/mol. The summed E-state index contributed by atoms with van der Waals surface area (Å²) >= 11 is 0. The number of anilines is 2. The second kappa shape index (κ2) is 9.09. The van der Waals surface area contributed by atoms with Crippen molar-refractivity contribution in [3.63, 3.8) is 0 Å². The number of para-hydroxylation sites is 2. The van der Waals surface area contributed by atoms with Crippen LogP contribution in [0.15, 0.2) is 48.8 Å². The summed E-state index contributed by atoms with van der Waals surface area (Å²) in [6, 6.07) is 13.2. The van der Waals surface area contributed by atoms with E-state index < -0.39 is 4.92 Å². The molecule has 9 heteroatoms. The second-order valence-corrected chi connectivity index (χ2v) is 7.55. The molecule has 32 heavy (non-hydrogen) atoms. The smallest absolute Gasteiger partial charge is 0.373 e. The molecule has 0 radical (unpaired) electrons. The lowest BCUT2D eigenvalue weighted by molar-refractivity contribution is -0.385. The molecule has 3 aromatic rings. The molecule has 2 aromatic carbocycles. The second-order valence-electron chi connectivity index (χ2n) is 7.55. The zero-order valence-corrected chi connectivity index (χ0v) is 18.3. The van der Waals surface area contributed by atoms with Crippen LogP contribution in [0.25, 0.3) is 0 Å². The van der Waals surface area contributed by atoms with Crippen LogP contribution in [-0.4, -0.2) is 48.2 Å². The van der Waals surface area contributed by atoms with E-state index in [0.29, 0.717) is 24.6 Å². The average molecular weight is 435 g/mol. The van der Waals surface area contributed by atoms with E-state index in [0.717, 1.165) is 13.1 Å². The molecule has 0 atom stereocenters. The molecule has 0 unspecified atom stereocenters. The zero-order chi connectivity index (χ0) is 22.7. The van der Waals surface area contributed by atoms with Gasteiger partial charge in [-0.1, -0.05) is 24.3 Å². The van der Waals surface area contributed by atoms with Crippen molar-refractivity contribution in [1.29, 1.82) is 0 Å². The van der Waals surface area contributed by atoms with Gasteiger partial charge in [-0.05, 0) is 43.2 Å². The highest BCUT2D eigenvalue weighted by molar-refractivity contribution is 5.65. The molecule has 0 amide bonds. The number of aromatic nitrogens is 2. The number of hydrogen-bond acceptors (Lipinski definition) is 8. The number of piperazine rings is 1. The lowest BCUT2D eigenvalue weighted by Crippen LogP contribution is -2.47. The van der Waals surface area contributed by atoms with Crippen LogP contribution in [0.4, 0.5) is 17.2 Å². The van der Waals surface area contributed by atoms with E-state index in [2.05, 4.69) is 46.9 Å². The standard InChI is InChI=1S/C23H25N5O4/c1-16-7-6-8-18(17(16)2)26-11-13-27(14-12-26)22-21(28(29)30)23(25-15-24-22)32-20-10-5-4-9-19(20)31-3/h4-10,15H,11-14H2,1-3H3. The molecule has 1 saturated heterocycles. The van der Waals surface area contributed by atoms with Crippen molar-refractivity contribution in [3.8, 4) is 17.4 Å². The average Bonchev–Trinajstić information content (AvgIpc) is 2.81. The van der Waals surface area contributed by atoms with E-state index in [-0.39, 0.29) is 17.4 Å². The molecule has 0 spiro atoms. The molecule has 0 N–H and O–H groups in total. The number of hydrogen-bond donors (Lipinski definition) is 0.